The lowest BCUT2D eigenvalue weighted by molar-refractivity contribution is 0.0981. The molecule has 86 valence electrons. The fraction of sp³-hybridized carbons (Fsp3) is 0.300. The maximum atomic E-state index is 11.6. The summed E-state index contributed by atoms with van der Waals surface area (Å²) in [6, 6.07) is 6.61. The van der Waals surface area contributed by atoms with E-state index >= 15 is 0 Å². The lowest BCUT2D eigenvalue weighted by atomic mass is 10.2. The van der Waals surface area contributed by atoms with Crippen molar-refractivity contribution >= 4 is 31.9 Å². The zero-order valence-corrected chi connectivity index (χ0v) is 10.7. The average Bonchev–Trinajstić information content (AvgIpc) is 3.00. The second kappa shape index (κ2) is 4.18. The van der Waals surface area contributed by atoms with Gasteiger partial charge in [-0.3, -0.25) is 4.79 Å². The van der Waals surface area contributed by atoms with Crippen molar-refractivity contribution in [2.75, 3.05) is 0 Å². The molecule has 0 heterocycles. The molecule has 1 saturated carbocycles. The number of benzene rings is 1. The van der Waals surface area contributed by atoms with Gasteiger partial charge in [0, 0.05) is 10.0 Å². The molecule has 0 atom stereocenters. The number of amides is 1. The Labute approximate surface area is 102 Å². The largest absolute Gasteiger partial charge is 0.268 e. The Kier molecular flexibility index (Phi) is 3.03. The Morgan fingerprint density at radius 1 is 1.38 bits per heavy atom. The van der Waals surface area contributed by atoms with Gasteiger partial charge in [-0.15, -0.1) is 0 Å². The molecule has 0 aliphatic heterocycles. The number of sulfonamides is 1. The average molecular weight is 304 g/mol. The Morgan fingerprint density at radius 3 is 2.62 bits per heavy atom. The Bertz CT molecular complexity index is 523. The van der Waals surface area contributed by atoms with Crippen LogP contribution >= 0.6 is 15.9 Å². The van der Waals surface area contributed by atoms with Crippen LogP contribution in [0.5, 0.6) is 0 Å². The molecule has 6 heteroatoms. The monoisotopic (exact) mass is 303 g/mol. The van der Waals surface area contributed by atoms with Crippen LogP contribution < -0.4 is 4.72 Å². The number of carbonyl (C=O) groups excluding carboxylic acids is 1. The van der Waals surface area contributed by atoms with Crippen molar-refractivity contribution in [2.45, 2.75) is 18.1 Å². The summed E-state index contributed by atoms with van der Waals surface area (Å²) in [6.45, 7) is 0. The van der Waals surface area contributed by atoms with Crippen molar-refractivity contribution < 1.29 is 13.2 Å². The van der Waals surface area contributed by atoms with Gasteiger partial charge in [-0.05, 0) is 31.0 Å². The summed E-state index contributed by atoms with van der Waals surface area (Å²) in [5, 5.41) is -0.386. The molecule has 1 fully saturated rings. The maximum absolute atomic E-state index is 11.6. The summed E-state index contributed by atoms with van der Waals surface area (Å²) in [5.41, 5.74) is 0.332. The van der Waals surface area contributed by atoms with Gasteiger partial charge in [-0.25, -0.2) is 13.1 Å². The first-order valence-corrected chi connectivity index (χ1v) is 7.14. The van der Waals surface area contributed by atoms with E-state index < -0.39 is 15.9 Å². The van der Waals surface area contributed by atoms with Gasteiger partial charge < -0.3 is 0 Å². The molecule has 1 aromatic carbocycles. The Balaban J connectivity index is 2.14. The lowest BCUT2D eigenvalue weighted by Crippen LogP contribution is -2.33. The normalized spacial score (nSPS) is 15.8. The van der Waals surface area contributed by atoms with E-state index in [4.69, 9.17) is 0 Å². The quantitative estimate of drug-likeness (QED) is 0.924. The molecular formula is C10H10BrNO3S. The van der Waals surface area contributed by atoms with E-state index in [0.717, 1.165) is 4.47 Å². The first kappa shape index (κ1) is 11.6. The SMILES string of the molecule is O=C(NS(=O)(=O)C1CC1)c1cccc(Br)c1. The number of hydrogen-bond donors (Lipinski definition) is 1. The molecule has 1 N–H and O–H groups in total. The van der Waals surface area contributed by atoms with Crippen LogP contribution in [0.15, 0.2) is 28.7 Å². The fourth-order valence-electron chi connectivity index (χ4n) is 1.28. The minimum atomic E-state index is -3.46. The molecule has 0 saturated heterocycles. The van der Waals surface area contributed by atoms with Gasteiger partial charge in [0.25, 0.3) is 5.91 Å². The number of hydrogen-bond acceptors (Lipinski definition) is 3. The molecule has 1 amide bonds. The van der Waals surface area contributed by atoms with Crippen molar-refractivity contribution in [2.24, 2.45) is 0 Å². The standard InChI is InChI=1S/C10H10BrNO3S/c11-8-3-1-2-7(6-8)10(13)12-16(14,15)9-4-5-9/h1-3,6,9H,4-5H2,(H,12,13). The van der Waals surface area contributed by atoms with E-state index in [1.807, 2.05) is 0 Å². The Hall–Kier alpha value is -0.880. The molecule has 0 radical (unpaired) electrons. The smallest absolute Gasteiger partial charge is 0.264 e. The minimum Gasteiger partial charge on any atom is -0.268 e. The van der Waals surface area contributed by atoms with E-state index in [1.54, 1.807) is 24.3 Å². The van der Waals surface area contributed by atoms with Crippen LogP contribution in [0.2, 0.25) is 0 Å². The molecule has 0 aromatic heterocycles. The van der Waals surface area contributed by atoms with Crippen molar-refractivity contribution in [1.29, 1.82) is 0 Å². The van der Waals surface area contributed by atoms with Crippen molar-refractivity contribution in [1.82, 2.24) is 4.72 Å². The highest BCUT2D eigenvalue weighted by Crippen LogP contribution is 2.27. The third-order valence-corrected chi connectivity index (χ3v) is 4.60. The van der Waals surface area contributed by atoms with Crippen LogP contribution in [0.3, 0.4) is 0 Å². The van der Waals surface area contributed by atoms with Gasteiger partial charge in [0.2, 0.25) is 10.0 Å². The summed E-state index contributed by atoms with van der Waals surface area (Å²) >= 11 is 3.22. The van der Waals surface area contributed by atoms with Crippen LogP contribution in [0.25, 0.3) is 0 Å². The van der Waals surface area contributed by atoms with Gasteiger partial charge >= 0.3 is 0 Å². The van der Waals surface area contributed by atoms with E-state index in [1.165, 1.54) is 0 Å². The van der Waals surface area contributed by atoms with Crippen molar-refractivity contribution in [3.05, 3.63) is 34.3 Å². The van der Waals surface area contributed by atoms with Gasteiger partial charge in [0.15, 0.2) is 0 Å². The molecule has 1 aliphatic rings. The molecular weight excluding hydrogens is 294 g/mol. The van der Waals surface area contributed by atoms with E-state index in [-0.39, 0.29) is 5.25 Å². The van der Waals surface area contributed by atoms with E-state index in [0.29, 0.717) is 18.4 Å². The third-order valence-electron chi connectivity index (χ3n) is 2.28. The zero-order chi connectivity index (χ0) is 11.8. The number of halogens is 1. The van der Waals surface area contributed by atoms with Gasteiger partial charge in [-0.2, -0.15) is 0 Å². The zero-order valence-electron chi connectivity index (χ0n) is 8.31. The maximum Gasteiger partial charge on any atom is 0.264 e. The van der Waals surface area contributed by atoms with Crippen LogP contribution in [0.4, 0.5) is 0 Å². The highest BCUT2D eigenvalue weighted by atomic mass is 79.9. The fourth-order valence-corrected chi connectivity index (χ4v) is 2.98. The second-order valence-electron chi connectivity index (χ2n) is 3.69. The molecule has 4 nitrogen and oxygen atoms in total. The number of rotatable bonds is 3. The molecule has 16 heavy (non-hydrogen) atoms. The molecule has 2 rings (SSSR count). The summed E-state index contributed by atoms with van der Waals surface area (Å²) in [5.74, 6) is -0.576. The highest BCUT2D eigenvalue weighted by Gasteiger charge is 2.36. The van der Waals surface area contributed by atoms with Gasteiger partial charge in [0.1, 0.15) is 0 Å². The second-order valence-corrected chi connectivity index (χ2v) is 6.56. The Morgan fingerprint density at radius 2 is 2.06 bits per heavy atom. The predicted molar refractivity (Wildman–Crippen MR) is 63.6 cm³/mol. The van der Waals surface area contributed by atoms with Crippen LogP contribution in [-0.2, 0) is 10.0 Å². The molecule has 1 aliphatic carbocycles. The molecule has 0 unspecified atom stereocenters. The summed E-state index contributed by atoms with van der Waals surface area (Å²) in [4.78, 5) is 11.6. The molecule has 0 bridgehead atoms. The minimum absolute atomic E-state index is 0.332. The summed E-state index contributed by atoms with van der Waals surface area (Å²) in [7, 11) is -3.46. The van der Waals surface area contributed by atoms with Crippen LogP contribution in [0, 0.1) is 0 Å². The first-order valence-electron chi connectivity index (χ1n) is 4.80. The predicted octanol–water partition coefficient (Wildman–Crippen LogP) is 1.67. The molecule has 1 aromatic rings. The van der Waals surface area contributed by atoms with Gasteiger partial charge in [0.05, 0.1) is 5.25 Å². The first-order chi connectivity index (χ1) is 7.49. The van der Waals surface area contributed by atoms with Crippen LogP contribution in [0.1, 0.15) is 23.2 Å². The summed E-state index contributed by atoms with van der Waals surface area (Å²) in [6.07, 6.45) is 1.28. The lowest BCUT2D eigenvalue weighted by Gasteiger charge is -2.05. The number of nitrogens with one attached hydrogen (secondary N) is 1. The van der Waals surface area contributed by atoms with Crippen molar-refractivity contribution in [3.63, 3.8) is 0 Å². The third kappa shape index (κ3) is 2.62. The van der Waals surface area contributed by atoms with E-state index in [9.17, 15) is 13.2 Å². The van der Waals surface area contributed by atoms with Crippen LogP contribution in [-0.4, -0.2) is 19.6 Å². The summed E-state index contributed by atoms with van der Waals surface area (Å²) < 4.78 is 25.8. The molecule has 0 spiro atoms. The van der Waals surface area contributed by atoms with E-state index in [2.05, 4.69) is 20.7 Å². The number of carbonyl (C=O) groups is 1. The van der Waals surface area contributed by atoms with Crippen molar-refractivity contribution in [3.8, 4) is 0 Å². The topological polar surface area (TPSA) is 63.2 Å². The van der Waals surface area contributed by atoms with Gasteiger partial charge in [-0.1, -0.05) is 22.0 Å². The highest BCUT2D eigenvalue weighted by molar-refractivity contribution is 9.10.